The number of halogens is 4. The molecular formula is C31H36F4N4O3. The van der Waals surface area contributed by atoms with Crippen LogP contribution in [-0.2, 0) is 22.6 Å². The normalized spacial score (nSPS) is 17.1. The van der Waals surface area contributed by atoms with Crippen molar-refractivity contribution >= 4 is 22.7 Å². The second-order valence-electron chi connectivity index (χ2n) is 11.1. The number of likely N-dealkylation sites (tertiary alicyclic amines) is 1. The molecule has 2 aromatic carbocycles. The molecule has 2 fully saturated rings. The van der Waals surface area contributed by atoms with Gasteiger partial charge in [0.25, 0.3) is 5.91 Å². The highest BCUT2D eigenvalue weighted by atomic mass is 19.4. The van der Waals surface area contributed by atoms with Crippen LogP contribution in [0.5, 0.6) is 0 Å². The van der Waals surface area contributed by atoms with Crippen LogP contribution in [-0.4, -0.2) is 78.3 Å². The number of fused-ring (bicyclic) bond motifs is 1. The number of ether oxygens (including phenoxy) is 1. The summed E-state index contributed by atoms with van der Waals surface area (Å²) in [5, 5.41) is 2.75. The largest absolute Gasteiger partial charge is 0.471 e. The Morgan fingerprint density at radius 3 is 2.48 bits per heavy atom. The fourth-order valence-corrected chi connectivity index (χ4v) is 6.05. The first-order valence-corrected chi connectivity index (χ1v) is 14.4. The van der Waals surface area contributed by atoms with Crippen LogP contribution in [0.1, 0.15) is 52.2 Å². The zero-order valence-electron chi connectivity index (χ0n) is 23.7. The van der Waals surface area contributed by atoms with Gasteiger partial charge in [-0.05, 0) is 54.9 Å². The first kappa shape index (κ1) is 30.0. The number of nitrogens with zero attached hydrogens (tertiary/aromatic N) is 3. The van der Waals surface area contributed by atoms with E-state index < -0.39 is 17.9 Å². The third kappa shape index (κ3) is 6.78. The summed E-state index contributed by atoms with van der Waals surface area (Å²) in [4.78, 5) is 29.1. The van der Waals surface area contributed by atoms with Crippen molar-refractivity contribution in [2.24, 2.45) is 0 Å². The van der Waals surface area contributed by atoms with E-state index in [2.05, 4.69) is 22.5 Å². The number of hydrogen-bond acceptors (Lipinski definition) is 4. The molecule has 0 aliphatic carbocycles. The molecule has 2 aliphatic heterocycles. The molecule has 42 heavy (non-hydrogen) atoms. The van der Waals surface area contributed by atoms with Gasteiger partial charge in [0.15, 0.2) is 0 Å². The van der Waals surface area contributed by atoms with E-state index in [1.807, 2.05) is 23.6 Å². The van der Waals surface area contributed by atoms with Crippen molar-refractivity contribution in [3.8, 4) is 0 Å². The predicted octanol–water partition coefficient (Wildman–Crippen LogP) is 5.01. The van der Waals surface area contributed by atoms with Gasteiger partial charge in [-0.2, -0.15) is 13.2 Å². The number of nitrogens with one attached hydrogen (secondary N) is 1. The lowest BCUT2D eigenvalue weighted by molar-refractivity contribution is -0.173. The third-order valence-electron chi connectivity index (χ3n) is 8.30. The fraction of sp³-hybridized carbons (Fsp3) is 0.484. The lowest BCUT2D eigenvalue weighted by atomic mass is 9.88. The number of alkyl halides is 3. The molecule has 3 aromatic rings. The molecule has 2 saturated heterocycles. The van der Waals surface area contributed by atoms with E-state index in [4.69, 9.17) is 4.74 Å². The van der Waals surface area contributed by atoms with Gasteiger partial charge in [0.1, 0.15) is 5.82 Å². The molecule has 2 amide bonds. The van der Waals surface area contributed by atoms with Crippen LogP contribution in [0.25, 0.3) is 10.9 Å². The van der Waals surface area contributed by atoms with Crippen molar-refractivity contribution in [1.82, 2.24) is 19.7 Å². The Balaban J connectivity index is 1.24. The predicted molar refractivity (Wildman–Crippen MR) is 151 cm³/mol. The summed E-state index contributed by atoms with van der Waals surface area (Å²) in [5.41, 5.74) is 3.62. The Bertz CT molecular complexity index is 1420. The highest BCUT2D eigenvalue weighted by Gasteiger charge is 2.38. The zero-order valence-corrected chi connectivity index (χ0v) is 23.7. The van der Waals surface area contributed by atoms with Crippen molar-refractivity contribution in [2.75, 3.05) is 45.9 Å². The lowest BCUT2D eigenvalue weighted by Gasteiger charge is -2.32. The summed E-state index contributed by atoms with van der Waals surface area (Å²) in [6, 6.07) is 10.1. The Labute approximate surface area is 242 Å². The first-order valence-electron chi connectivity index (χ1n) is 14.4. The molecule has 226 valence electrons. The second kappa shape index (κ2) is 12.8. The molecule has 7 nitrogen and oxygen atoms in total. The molecule has 0 bridgehead atoms. The van der Waals surface area contributed by atoms with Gasteiger partial charge in [-0.15, -0.1) is 0 Å². The highest BCUT2D eigenvalue weighted by Crippen LogP contribution is 2.33. The van der Waals surface area contributed by atoms with E-state index in [-0.39, 0.29) is 18.4 Å². The second-order valence-corrected chi connectivity index (χ2v) is 11.1. The number of hydrogen-bond donors (Lipinski definition) is 1. The van der Waals surface area contributed by atoms with Crippen molar-refractivity contribution < 1.29 is 31.9 Å². The molecule has 0 unspecified atom stereocenters. The quantitative estimate of drug-likeness (QED) is 0.376. The number of carbonyl (C=O) groups excluding carboxylic acids is 2. The zero-order chi connectivity index (χ0) is 29.9. The molecule has 1 aromatic heterocycles. The molecular weight excluding hydrogens is 552 g/mol. The summed E-state index contributed by atoms with van der Waals surface area (Å²) in [6.07, 6.45) is -1.00. The van der Waals surface area contributed by atoms with Crippen LogP contribution in [0.2, 0.25) is 0 Å². The van der Waals surface area contributed by atoms with E-state index in [1.165, 1.54) is 18.2 Å². The van der Waals surface area contributed by atoms with Crippen LogP contribution >= 0.6 is 0 Å². The number of para-hydroxylation sites is 1. The van der Waals surface area contributed by atoms with Gasteiger partial charge in [0.05, 0.1) is 24.3 Å². The number of amides is 2. The standard InChI is InChI=1S/C31H36F4N4O3/c1-21-4-2-5-24-26(20-39(28(21)24)11-3-10-37-14-16-42-17-15-37)29(40)38-12-8-23(9-13-38)25-18-22(6-7-27(25)32)19-36-30(41)31(33,34)35/h2,4-7,18,20,23H,3,8-17,19H2,1H3,(H,36,41). The maximum Gasteiger partial charge on any atom is 0.471 e. The minimum atomic E-state index is -4.98. The number of carbonyl (C=O) groups is 2. The lowest BCUT2D eigenvalue weighted by Crippen LogP contribution is -2.38. The monoisotopic (exact) mass is 588 g/mol. The summed E-state index contributed by atoms with van der Waals surface area (Å²) in [7, 11) is 0. The first-order chi connectivity index (χ1) is 20.1. The molecule has 0 radical (unpaired) electrons. The summed E-state index contributed by atoms with van der Waals surface area (Å²) >= 11 is 0. The number of aryl methyl sites for hydroxylation is 2. The SMILES string of the molecule is Cc1cccc2c(C(=O)N3CCC(c4cc(CNC(=O)C(F)(F)F)ccc4F)CC3)cn(CCCN3CCOCC3)c12. The van der Waals surface area contributed by atoms with Crippen molar-refractivity contribution in [1.29, 1.82) is 0 Å². The number of morpholine rings is 1. The third-order valence-corrected chi connectivity index (χ3v) is 8.30. The van der Waals surface area contributed by atoms with Crippen molar-refractivity contribution in [3.05, 3.63) is 70.7 Å². The minimum absolute atomic E-state index is 0.0555. The van der Waals surface area contributed by atoms with Gasteiger partial charge >= 0.3 is 12.1 Å². The summed E-state index contributed by atoms with van der Waals surface area (Å²) in [5.74, 6) is -2.72. The van der Waals surface area contributed by atoms with Gasteiger partial charge in [-0.3, -0.25) is 14.5 Å². The van der Waals surface area contributed by atoms with Crippen LogP contribution in [0, 0.1) is 12.7 Å². The Kier molecular flexibility index (Phi) is 9.17. The van der Waals surface area contributed by atoms with E-state index >= 15 is 0 Å². The maximum atomic E-state index is 14.7. The number of benzene rings is 2. The van der Waals surface area contributed by atoms with Gasteiger partial charge in [0.2, 0.25) is 0 Å². The van der Waals surface area contributed by atoms with Crippen molar-refractivity contribution in [2.45, 2.75) is 51.4 Å². The molecule has 0 atom stereocenters. The average molecular weight is 589 g/mol. The number of rotatable bonds is 8. The highest BCUT2D eigenvalue weighted by molar-refractivity contribution is 6.07. The summed E-state index contributed by atoms with van der Waals surface area (Å²) in [6.45, 7) is 7.75. The van der Waals surface area contributed by atoms with Crippen LogP contribution in [0.3, 0.4) is 0 Å². The summed E-state index contributed by atoms with van der Waals surface area (Å²) < 4.78 is 60.0. The topological polar surface area (TPSA) is 66.8 Å². The van der Waals surface area contributed by atoms with E-state index in [1.54, 1.807) is 4.90 Å². The molecule has 0 saturated carbocycles. The smallest absolute Gasteiger partial charge is 0.379 e. The van der Waals surface area contributed by atoms with E-state index in [0.29, 0.717) is 42.6 Å². The van der Waals surface area contributed by atoms with Gasteiger partial charge in [-0.25, -0.2) is 4.39 Å². The Morgan fingerprint density at radius 2 is 1.76 bits per heavy atom. The Morgan fingerprint density at radius 1 is 1.02 bits per heavy atom. The molecule has 1 N–H and O–H groups in total. The number of piperidine rings is 1. The molecule has 3 heterocycles. The van der Waals surface area contributed by atoms with Gasteiger partial charge < -0.3 is 19.5 Å². The van der Waals surface area contributed by atoms with E-state index in [0.717, 1.165) is 62.3 Å². The van der Waals surface area contributed by atoms with E-state index in [9.17, 15) is 27.2 Å². The molecule has 2 aliphatic rings. The number of aromatic nitrogens is 1. The van der Waals surface area contributed by atoms with Gasteiger partial charge in [0, 0.05) is 57.4 Å². The average Bonchev–Trinajstić information content (AvgIpc) is 3.36. The minimum Gasteiger partial charge on any atom is -0.379 e. The Hall–Kier alpha value is -3.44. The van der Waals surface area contributed by atoms with Crippen LogP contribution < -0.4 is 5.32 Å². The maximum absolute atomic E-state index is 14.7. The van der Waals surface area contributed by atoms with Gasteiger partial charge in [-0.1, -0.05) is 30.3 Å². The molecule has 5 rings (SSSR count). The fourth-order valence-electron chi connectivity index (χ4n) is 6.05. The van der Waals surface area contributed by atoms with Crippen LogP contribution in [0.4, 0.5) is 17.6 Å². The van der Waals surface area contributed by atoms with Crippen molar-refractivity contribution in [3.63, 3.8) is 0 Å². The molecule has 0 spiro atoms. The molecule has 11 heteroatoms. The van der Waals surface area contributed by atoms with Crippen LogP contribution in [0.15, 0.2) is 42.6 Å².